The van der Waals surface area contributed by atoms with E-state index in [0.717, 1.165) is 11.1 Å². The first-order valence-electron chi connectivity index (χ1n) is 9.12. The van der Waals surface area contributed by atoms with Crippen molar-refractivity contribution < 1.29 is 14.3 Å². The fourth-order valence-corrected chi connectivity index (χ4v) is 2.98. The van der Waals surface area contributed by atoms with Gasteiger partial charge in [0.05, 0.1) is 22.3 Å². The second kappa shape index (κ2) is 9.26. The van der Waals surface area contributed by atoms with Crippen LogP contribution in [0.2, 0.25) is 5.02 Å². The molecule has 3 aromatic rings. The van der Waals surface area contributed by atoms with Crippen LogP contribution in [0.25, 0.3) is 0 Å². The lowest BCUT2D eigenvalue weighted by Crippen LogP contribution is -2.38. The Kier molecular flexibility index (Phi) is 6.52. The molecule has 29 heavy (non-hydrogen) atoms. The summed E-state index contributed by atoms with van der Waals surface area (Å²) in [4.78, 5) is 25.1. The Labute approximate surface area is 174 Å². The van der Waals surface area contributed by atoms with E-state index >= 15 is 0 Å². The van der Waals surface area contributed by atoms with E-state index < -0.39 is 18.0 Å². The SMILES string of the molecule is CC(OC(=O)c1ccc(Cl)c(N)c1)C(=O)NC(c1ccccc1)c1ccccc1. The number of benzene rings is 3. The summed E-state index contributed by atoms with van der Waals surface area (Å²) < 4.78 is 5.32. The summed E-state index contributed by atoms with van der Waals surface area (Å²) in [5, 5.41) is 3.31. The van der Waals surface area contributed by atoms with E-state index in [4.69, 9.17) is 22.1 Å². The first kappa shape index (κ1) is 20.4. The number of nitrogen functional groups attached to an aromatic ring is 1. The van der Waals surface area contributed by atoms with Crippen LogP contribution in [0.1, 0.15) is 34.5 Å². The first-order valence-corrected chi connectivity index (χ1v) is 9.50. The number of rotatable bonds is 6. The Bertz CT molecular complexity index is 954. The zero-order valence-corrected chi connectivity index (χ0v) is 16.6. The van der Waals surface area contributed by atoms with Crippen LogP contribution in [0.4, 0.5) is 5.69 Å². The lowest BCUT2D eigenvalue weighted by Gasteiger charge is -2.22. The Morgan fingerprint density at radius 3 is 2.00 bits per heavy atom. The maximum Gasteiger partial charge on any atom is 0.338 e. The minimum atomic E-state index is -0.991. The van der Waals surface area contributed by atoms with Crippen LogP contribution >= 0.6 is 11.6 Å². The second-order valence-electron chi connectivity index (χ2n) is 6.55. The number of hydrogen-bond donors (Lipinski definition) is 2. The van der Waals surface area contributed by atoms with Gasteiger partial charge in [0.1, 0.15) is 0 Å². The standard InChI is InChI=1S/C23H21ClN2O3/c1-15(29-23(28)18-12-13-19(24)20(25)14-18)22(27)26-21(16-8-4-2-5-9-16)17-10-6-3-7-11-17/h2-15,21H,25H2,1H3,(H,26,27). The highest BCUT2D eigenvalue weighted by Gasteiger charge is 2.23. The number of nitrogens with one attached hydrogen (secondary N) is 1. The molecule has 3 N–H and O–H groups in total. The van der Waals surface area contributed by atoms with Gasteiger partial charge in [0.15, 0.2) is 6.10 Å². The molecule has 0 heterocycles. The number of carbonyl (C=O) groups is 2. The summed E-state index contributed by atoms with van der Waals surface area (Å²) in [6.07, 6.45) is -0.991. The lowest BCUT2D eigenvalue weighted by atomic mass is 9.98. The molecule has 5 nitrogen and oxygen atoms in total. The molecule has 3 aromatic carbocycles. The van der Waals surface area contributed by atoms with Gasteiger partial charge < -0.3 is 15.8 Å². The Morgan fingerprint density at radius 1 is 0.931 bits per heavy atom. The molecule has 6 heteroatoms. The summed E-state index contributed by atoms with van der Waals surface area (Å²) in [5.74, 6) is -1.05. The maximum absolute atomic E-state index is 12.8. The lowest BCUT2D eigenvalue weighted by molar-refractivity contribution is -0.129. The van der Waals surface area contributed by atoms with E-state index in [2.05, 4.69) is 5.32 Å². The van der Waals surface area contributed by atoms with Gasteiger partial charge in [0.25, 0.3) is 5.91 Å². The minimum absolute atomic E-state index is 0.231. The van der Waals surface area contributed by atoms with Gasteiger partial charge in [0.2, 0.25) is 0 Å². The van der Waals surface area contributed by atoms with Crippen LogP contribution in [0.15, 0.2) is 78.9 Å². The Hall–Kier alpha value is -3.31. The molecule has 0 aliphatic heterocycles. The van der Waals surface area contributed by atoms with E-state index in [9.17, 15) is 9.59 Å². The van der Waals surface area contributed by atoms with E-state index in [0.29, 0.717) is 5.02 Å². The number of amides is 1. The summed E-state index contributed by atoms with van der Waals surface area (Å²) in [6.45, 7) is 1.53. The second-order valence-corrected chi connectivity index (χ2v) is 6.95. The van der Waals surface area contributed by atoms with Crippen molar-refractivity contribution in [1.82, 2.24) is 5.32 Å². The van der Waals surface area contributed by atoms with Gasteiger partial charge in [-0.2, -0.15) is 0 Å². The zero-order valence-electron chi connectivity index (χ0n) is 15.8. The van der Waals surface area contributed by atoms with Crippen molar-refractivity contribution in [3.63, 3.8) is 0 Å². The molecule has 0 spiro atoms. The molecule has 0 bridgehead atoms. The summed E-state index contributed by atoms with van der Waals surface area (Å²) >= 11 is 5.87. The predicted octanol–water partition coefficient (Wildman–Crippen LogP) is 4.37. The summed E-state index contributed by atoms with van der Waals surface area (Å²) in [6, 6.07) is 23.3. The first-order chi connectivity index (χ1) is 14.0. The van der Waals surface area contributed by atoms with Gasteiger partial charge in [-0.05, 0) is 36.2 Å². The maximum atomic E-state index is 12.8. The van der Waals surface area contributed by atoms with Gasteiger partial charge >= 0.3 is 5.97 Å². The molecule has 0 saturated heterocycles. The molecule has 148 valence electrons. The van der Waals surface area contributed by atoms with E-state index in [1.54, 1.807) is 0 Å². The molecule has 0 aliphatic carbocycles. The van der Waals surface area contributed by atoms with Crippen molar-refractivity contribution >= 4 is 29.2 Å². The van der Waals surface area contributed by atoms with Gasteiger partial charge in [-0.15, -0.1) is 0 Å². The van der Waals surface area contributed by atoms with Crippen LogP contribution < -0.4 is 11.1 Å². The number of hydrogen-bond acceptors (Lipinski definition) is 4. The van der Waals surface area contributed by atoms with Crippen LogP contribution in [0.5, 0.6) is 0 Å². The summed E-state index contributed by atoms with van der Waals surface area (Å²) in [5.41, 5.74) is 8.08. The fourth-order valence-electron chi connectivity index (χ4n) is 2.86. The van der Waals surface area contributed by atoms with Crippen molar-refractivity contribution in [2.75, 3.05) is 5.73 Å². The largest absolute Gasteiger partial charge is 0.449 e. The molecule has 0 aliphatic rings. The molecule has 0 fully saturated rings. The smallest absolute Gasteiger partial charge is 0.338 e. The highest BCUT2D eigenvalue weighted by molar-refractivity contribution is 6.33. The van der Waals surface area contributed by atoms with E-state index in [-0.39, 0.29) is 17.3 Å². The Morgan fingerprint density at radius 2 is 1.48 bits per heavy atom. The Balaban J connectivity index is 1.73. The molecule has 1 atom stereocenters. The third-order valence-corrected chi connectivity index (χ3v) is 4.78. The van der Waals surface area contributed by atoms with Crippen LogP contribution in [0, 0.1) is 0 Å². The number of nitrogens with two attached hydrogens (primary N) is 1. The summed E-state index contributed by atoms with van der Waals surface area (Å²) in [7, 11) is 0. The molecule has 0 saturated carbocycles. The predicted molar refractivity (Wildman–Crippen MR) is 114 cm³/mol. The monoisotopic (exact) mass is 408 g/mol. The number of halogens is 1. The molecule has 1 amide bonds. The normalized spacial score (nSPS) is 11.7. The van der Waals surface area contributed by atoms with Crippen LogP contribution in [0.3, 0.4) is 0 Å². The molecular formula is C23H21ClN2O3. The van der Waals surface area contributed by atoms with Crippen molar-refractivity contribution in [3.8, 4) is 0 Å². The molecule has 1 unspecified atom stereocenters. The van der Waals surface area contributed by atoms with Crippen molar-refractivity contribution in [1.29, 1.82) is 0 Å². The van der Waals surface area contributed by atoms with Crippen molar-refractivity contribution in [2.24, 2.45) is 0 Å². The van der Waals surface area contributed by atoms with Gasteiger partial charge in [-0.3, -0.25) is 4.79 Å². The van der Waals surface area contributed by atoms with Gasteiger partial charge in [0, 0.05) is 0 Å². The van der Waals surface area contributed by atoms with Gasteiger partial charge in [-0.1, -0.05) is 72.3 Å². The number of anilines is 1. The average Bonchev–Trinajstić information content (AvgIpc) is 2.74. The molecule has 0 radical (unpaired) electrons. The van der Waals surface area contributed by atoms with Crippen molar-refractivity contribution in [2.45, 2.75) is 19.1 Å². The zero-order chi connectivity index (χ0) is 20.8. The fraction of sp³-hybridized carbons (Fsp3) is 0.130. The molecule has 0 aromatic heterocycles. The molecule has 3 rings (SSSR count). The quantitative estimate of drug-likeness (QED) is 0.468. The topological polar surface area (TPSA) is 81.4 Å². The van der Waals surface area contributed by atoms with Crippen LogP contribution in [-0.2, 0) is 9.53 Å². The van der Waals surface area contributed by atoms with Crippen LogP contribution in [-0.4, -0.2) is 18.0 Å². The number of ether oxygens (including phenoxy) is 1. The highest BCUT2D eigenvalue weighted by atomic mass is 35.5. The highest BCUT2D eigenvalue weighted by Crippen LogP contribution is 2.23. The minimum Gasteiger partial charge on any atom is -0.449 e. The van der Waals surface area contributed by atoms with E-state index in [1.165, 1.54) is 25.1 Å². The van der Waals surface area contributed by atoms with Gasteiger partial charge in [-0.25, -0.2) is 4.79 Å². The number of esters is 1. The van der Waals surface area contributed by atoms with E-state index in [1.807, 2.05) is 60.7 Å². The molecular weight excluding hydrogens is 388 g/mol. The third-order valence-electron chi connectivity index (χ3n) is 4.44. The third kappa shape index (κ3) is 5.15. The number of carbonyl (C=O) groups excluding carboxylic acids is 2. The van der Waals surface area contributed by atoms with Crippen molar-refractivity contribution in [3.05, 3.63) is 101 Å². The average molecular weight is 409 g/mol.